The highest BCUT2D eigenvalue weighted by molar-refractivity contribution is 7.45. The fourth-order valence-electron chi connectivity index (χ4n) is 7.02. The van der Waals surface area contributed by atoms with E-state index in [-0.39, 0.29) is 24.9 Å². The Balaban J connectivity index is 5.47. The van der Waals surface area contributed by atoms with E-state index in [1.54, 1.807) is 0 Å². The number of likely N-dealkylation sites (N-methyl/N-ethyl adjacent to an activating group) is 1. The molecule has 61 heavy (non-hydrogen) atoms. The molecular weight excluding hydrogens is 784 g/mol. The van der Waals surface area contributed by atoms with Gasteiger partial charge in [0.05, 0.1) is 33.8 Å². The molecule has 9 nitrogen and oxygen atoms in total. The number of allylic oxidation sites excluding steroid dienone is 5. The number of phosphoric acid groups is 1. The maximum Gasteiger partial charge on any atom is 0.306 e. The van der Waals surface area contributed by atoms with Crippen molar-refractivity contribution in [3.05, 3.63) is 36.5 Å². The van der Waals surface area contributed by atoms with E-state index in [1.165, 1.54) is 96.3 Å². The van der Waals surface area contributed by atoms with E-state index >= 15 is 0 Å². The molecule has 0 aromatic heterocycles. The van der Waals surface area contributed by atoms with E-state index < -0.39 is 26.6 Å². The highest BCUT2D eigenvalue weighted by Crippen LogP contribution is 2.38. The van der Waals surface area contributed by atoms with Gasteiger partial charge in [0.2, 0.25) is 5.91 Å². The second-order valence-corrected chi connectivity index (χ2v) is 19.7. The number of esters is 1. The van der Waals surface area contributed by atoms with Crippen molar-refractivity contribution in [1.82, 2.24) is 5.32 Å². The molecule has 0 aliphatic carbocycles. The first-order chi connectivity index (χ1) is 29.4. The molecule has 0 bridgehead atoms. The van der Waals surface area contributed by atoms with Gasteiger partial charge in [0.15, 0.2) is 0 Å². The van der Waals surface area contributed by atoms with Crippen molar-refractivity contribution in [2.75, 3.05) is 40.9 Å². The summed E-state index contributed by atoms with van der Waals surface area (Å²) in [5.74, 6) is -0.572. The highest BCUT2D eigenvalue weighted by atomic mass is 31.2. The van der Waals surface area contributed by atoms with Gasteiger partial charge in [-0.25, -0.2) is 0 Å². The van der Waals surface area contributed by atoms with Crippen LogP contribution in [0, 0.1) is 0 Å². The van der Waals surface area contributed by atoms with Gasteiger partial charge in [-0.3, -0.25) is 14.2 Å². The Hall–Kier alpha value is -1.77. The van der Waals surface area contributed by atoms with Crippen LogP contribution in [-0.2, 0) is 27.9 Å². The number of nitrogens with zero attached hydrogens (tertiary/aromatic N) is 1. The van der Waals surface area contributed by atoms with Crippen molar-refractivity contribution < 1.29 is 37.3 Å². The van der Waals surface area contributed by atoms with E-state index in [0.717, 1.165) is 89.9 Å². The molecule has 358 valence electrons. The topological polar surface area (TPSA) is 114 Å². The molecule has 0 radical (unpaired) electrons. The van der Waals surface area contributed by atoms with E-state index in [9.17, 15) is 19.0 Å². The lowest BCUT2D eigenvalue weighted by molar-refractivity contribution is -0.870. The molecule has 0 aromatic rings. The second-order valence-electron chi connectivity index (χ2n) is 18.3. The predicted octanol–water partition coefficient (Wildman–Crippen LogP) is 13.8. The molecule has 0 aliphatic heterocycles. The van der Waals surface area contributed by atoms with Crippen LogP contribution >= 0.6 is 7.82 Å². The SMILES string of the molecule is CCCC/C=C\CCCCCCCC(=O)OC(/C=C/CCCCCCCCCCC)C(COP(=O)([O-])OCC[N+](C)(C)C)NC(=O)CCCCC/C=C\CCCCCCCC. The van der Waals surface area contributed by atoms with Crippen LogP contribution in [0.4, 0.5) is 0 Å². The zero-order chi connectivity index (χ0) is 45.1. The van der Waals surface area contributed by atoms with Gasteiger partial charge >= 0.3 is 5.97 Å². The third-order valence-corrected chi connectivity index (χ3v) is 12.0. The maximum atomic E-state index is 13.4. The van der Waals surface area contributed by atoms with Crippen molar-refractivity contribution in [3.8, 4) is 0 Å². The van der Waals surface area contributed by atoms with Crippen molar-refractivity contribution in [1.29, 1.82) is 0 Å². The van der Waals surface area contributed by atoms with E-state index in [4.69, 9.17) is 13.8 Å². The first-order valence-electron chi connectivity index (χ1n) is 25.3. The first kappa shape index (κ1) is 59.2. The normalized spacial score (nSPS) is 14.3. The lowest BCUT2D eigenvalue weighted by Crippen LogP contribution is -2.47. The molecule has 3 atom stereocenters. The number of quaternary nitrogens is 1. The third-order valence-electron chi connectivity index (χ3n) is 11.0. The molecule has 0 spiro atoms. The summed E-state index contributed by atoms with van der Waals surface area (Å²) in [7, 11) is 1.17. The molecule has 0 saturated heterocycles. The molecule has 0 rings (SSSR count). The van der Waals surface area contributed by atoms with Gasteiger partial charge in [-0.05, 0) is 76.7 Å². The van der Waals surface area contributed by atoms with Crippen molar-refractivity contribution in [2.45, 2.75) is 238 Å². The Morgan fingerprint density at radius 1 is 0.557 bits per heavy atom. The molecule has 0 saturated carbocycles. The first-order valence-corrected chi connectivity index (χ1v) is 26.8. The Labute approximate surface area is 376 Å². The quantitative estimate of drug-likeness (QED) is 0.0213. The molecule has 0 fully saturated rings. The Kier molecular flexibility index (Phi) is 41.0. The minimum Gasteiger partial charge on any atom is -0.756 e. The molecule has 0 aliphatic rings. The van der Waals surface area contributed by atoms with E-state index in [1.807, 2.05) is 33.3 Å². The number of hydrogen-bond acceptors (Lipinski definition) is 7. The van der Waals surface area contributed by atoms with Crippen LogP contribution in [0.3, 0.4) is 0 Å². The van der Waals surface area contributed by atoms with E-state index in [0.29, 0.717) is 23.9 Å². The summed E-state index contributed by atoms with van der Waals surface area (Å²) in [6.07, 6.45) is 46.8. The second kappa shape index (κ2) is 42.2. The van der Waals surface area contributed by atoms with Crippen LogP contribution in [0.5, 0.6) is 0 Å². The summed E-state index contributed by atoms with van der Waals surface area (Å²) >= 11 is 0. The standard InChI is InChI=1S/C51H97N2O7P/c1-7-10-13-16-19-22-25-26-29-31-34-37-40-43-50(54)52-48(47-59-61(56,57)58-46-45-53(4,5)6)49(42-39-36-33-30-27-23-20-17-14-11-8-2)60-51(55)44-41-38-35-32-28-24-21-18-15-12-9-3/h18,21,26,29,39,42,48-49H,7-17,19-20,22-25,27-28,30-38,40-41,43-47H2,1-6H3,(H-,52,54,56,57)/b21-18-,29-26-,42-39+. The Bertz CT molecular complexity index is 1150. The zero-order valence-corrected chi connectivity index (χ0v) is 41.5. The molecule has 10 heteroatoms. The van der Waals surface area contributed by atoms with Gasteiger partial charge < -0.3 is 28.5 Å². The molecule has 0 aromatic carbocycles. The Morgan fingerprint density at radius 3 is 1.46 bits per heavy atom. The number of ether oxygens (including phenoxy) is 1. The van der Waals surface area contributed by atoms with Crippen LogP contribution < -0.4 is 10.2 Å². The molecule has 1 N–H and O–H groups in total. The lowest BCUT2D eigenvalue weighted by atomic mass is 10.1. The van der Waals surface area contributed by atoms with Crippen LogP contribution in [0.15, 0.2) is 36.5 Å². The number of hydrogen-bond donors (Lipinski definition) is 1. The maximum absolute atomic E-state index is 13.4. The number of nitrogens with one attached hydrogen (secondary N) is 1. The monoisotopic (exact) mass is 881 g/mol. The molecule has 0 heterocycles. The zero-order valence-electron chi connectivity index (χ0n) is 40.6. The van der Waals surface area contributed by atoms with Crippen LogP contribution in [0.1, 0.15) is 226 Å². The number of carbonyl (C=O) groups excluding carboxylic acids is 2. The molecule has 3 unspecified atom stereocenters. The highest BCUT2D eigenvalue weighted by Gasteiger charge is 2.27. The molecule has 1 amide bonds. The number of carbonyl (C=O) groups is 2. The van der Waals surface area contributed by atoms with Gasteiger partial charge in [-0.1, -0.05) is 173 Å². The third kappa shape index (κ3) is 43.3. The predicted molar refractivity (Wildman–Crippen MR) is 256 cm³/mol. The summed E-state index contributed by atoms with van der Waals surface area (Å²) in [6, 6.07) is -0.893. The summed E-state index contributed by atoms with van der Waals surface area (Å²) in [5, 5.41) is 2.99. The van der Waals surface area contributed by atoms with Crippen LogP contribution in [-0.4, -0.2) is 69.4 Å². The van der Waals surface area contributed by atoms with Gasteiger partial charge in [0, 0.05) is 12.8 Å². The summed E-state index contributed by atoms with van der Waals surface area (Å²) in [6.45, 7) is 6.75. The van der Waals surface area contributed by atoms with Crippen molar-refractivity contribution in [3.63, 3.8) is 0 Å². The summed E-state index contributed by atoms with van der Waals surface area (Å²) in [4.78, 5) is 39.5. The van der Waals surface area contributed by atoms with Crippen molar-refractivity contribution >= 4 is 19.7 Å². The van der Waals surface area contributed by atoms with Gasteiger partial charge in [-0.2, -0.15) is 0 Å². The summed E-state index contributed by atoms with van der Waals surface area (Å²) in [5.41, 5.74) is 0. The largest absolute Gasteiger partial charge is 0.756 e. The fraction of sp³-hybridized carbons (Fsp3) is 0.843. The smallest absolute Gasteiger partial charge is 0.306 e. The van der Waals surface area contributed by atoms with Crippen LogP contribution in [0.2, 0.25) is 0 Å². The average molecular weight is 881 g/mol. The van der Waals surface area contributed by atoms with E-state index in [2.05, 4.69) is 50.4 Å². The van der Waals surface area contributed by atoms with Gasteiger partial charge in [0.1, 0.15) is 19.3 Å². The minimum absolute atomic E-state index is 0.0255. The molecular formula is C51H97N2O7P. The van der Waals surface area contributed by atoms with Crippen molar-refractivity contribution in [2.24, 2.45) is 0 Å². The minimum atomic E-state index is -4.69. The fourth-order valence-corrected chi connectivity index (χ4v) is 7.75. The number of rotatable bonds is 45. The van der Waals surface area contributed by atoms with Gasteiger partial charge in [-0.15, -0.1) is 0 Å². The number of phosphoric ester groups is 1. The number of unbranched alkanes of at least 4 members (excludes halogenated alkanes) is 25. The van der Waals surface area contributed by atoms with Gasteiger partial charge in [0.25, 0.3) is 7.82 Å². The average Bonchev–Trinajstić information content (AvgIpc) is 3.21. The summed E-state index contributed by atoms with van der Waals surface area (Å²) < 4.78 is 30.0. The lowest BCUT2D eigenvalue weighted by Gasteiger charge is -2.30. The van der Waals surface area contributed by atoms with Crippen LogP contribution in [0.25, 0.3) is 0 Å². The Morgan fingerprint density at radius 2 is 0.967 bits per heavy atom. The number of amides is 1.